The van der Waals surface area contributed by atoms with Gasteiger partial charge >= 0.3 is 5.63 Å². The highest BCUT2D eigenvalue weighted by Gasteiger charge is 2.17. The highest BCUT2D eigenvalue weighted by molar-refractivity contribution is 6.01. The van der Waals surface area contributed by atoms with E-state index in [1.807, 2.05) is 78.9 Å². The summed E-state index contributed by atoms with van der Waals surface area (Å²) in [5.41, 5.74) is 3.48. The van der Waals surface area contributed by atoms with Gasteiger partial charge in [0, 0.05) is 10.9 Å². The predicted molar refractivity (Wildman–Crippen MR) is 99.9 cm³/mol. The van der Waals surface area contributed by atoms with Gasteiger partial charge in [0.05, 0.1) is 12.7 Å². The van der Waals surface area contributed by atoms with Crippen molar-refractivity contribution in [3.05, 3.63) is 89.3 Å². The van der Waals surface area contributed by atoms with Gasteiger partial charge in [0.1, 0.15) is 11.3 Å². The summed E-state index contributed by atoms with van der Waals surface area (Å²) in [6.45, 7) is 0. The summed E-state index contributed by atoms with van der Waals surface area (Å²) in [5.74, 6) is 0.746. The van der Waals surface area contributed by atoms with Crippen molar-refractivity contribution in [2.75, 3.05) is 7.11 Å². The van der Waals surface area contributed by atoms with Crippen LogP contribution in [0.15, 0.2) is 88.1 Å². The summed E-state index contributed by atoms with van der Waals surface area (Å²) in [4.78, 5) is 12.8. The van der Waals surface area contributed by atoms with Gasteiger partial charge in [-0.2, -0.15) is 0 Å². The molecule has 0 N–H and O–H groups in total. The fraction of sp³-hybridized carbons (Fsp3) is 0.0455. The lowest BCUT2D eigenvalue weighted by Gasteiger charge is -2.12. The van der Waals surface area contributed by atoms with E-state index in [2.05, 4.69) is 0 Å². The number of hydrogen-bond acceptors (Lipinski definition) is 3. The van der Waals surface area contributed by atoms with Crippen LogP contribution in [0.25, 0.3) is 33.2 Å². The van der Waals surface area contributed by atoms with E-state index < -0.39 is 0 Å². The molecular weight excluding hydrogens is 312 g/mol. The summed E-state index contributed by atoms with van der Waals surface area (Å²) in [5, 5.41) is 0.916. The molecule has 0 saturated carbocycles. The van der Waals surface area contributed by atoms with Gasteiger partial charge in [-0.25, -0.2) is 4.79 Å². The average molecular weight is 328 g/mol. The molecule has 1 heterocycles. The maximum atomic E-state index is 12.8. The molecule has 0 spiro atoms. The molecule has 0 aliphatic carbocycles. The zero-order valence-corrected chi connectivity index (χ0v) is 13.7. The van der Waals surface area contributed by atoms with Gasteiger partial charge in [-0.05, 0) is 29.3 Å². The Morgan fingerprint density at radius 1 is 0.720 bits per heavy atom. The maximum absolute atomic E-state index is 12.8. The topological polar surface area (TPSA) is 39.4 Å². The Kier molecular flexibility index (Phi) is 3.82. The quantitative estimate of drug-likeness (QED) is 0.489. The molecule has 0 unspecified atom stereocenters. The third kappa shape index (κ3) is 2.70. The SMILES string of the molecule is COc1ccc(-c2c(-c3ccccc3)c3ccccc3oc2=O)cc1. The van der Waals surface area contributed by atoms with Crippen molar-refractivity contribution in [1.29, 1.82) is 0 Å². The highest BCUT2D eigenvalue weighted by atomic mass is 16.5. The molecular formula is C22H16O3. The van der Waals surface area contributed by atoms with E-state index in [1.165, 1.54) is 0 Å². The summed E-state index contributed by atoms with van der Waals surface area (Å²) in [7, 11) is 1.62. The Hall–Kier alpha value is -3.33. The standard InChI is InChI=1S/C22H16O3/c1-24-17-13-11-16(12-14-17)21-20(15-7-3-2-4-8-15)18-9-5-6-10-19(18)25-22(21)23/h2-14H,1H3. The van der Waals surface area contributed by atoms with Gasteiger partial charge in [-0.15, -0.1) is 0 Å². The van der Waals surface area contributed by atoms with Gasteiger partial charge < -0.3 is 9.15 Å². The third-order valence-corrected chi connectivity index (χ3v) is 4.25. The number of benzene rings is 3. The van der Waals surface area contributed by atoms with E-state index in [1.54, 1.807) is 7.11 Å². The Morgan fingerprint density at radius 3 is 2.08 bits per heavy atom. The minimum Gasteiger partial charge on any atom is -0.497 e. The van der Waals surface area contributed by atoms with Crippen LogP contribution in [0.1, 0.15) is 0 Å². The molecule has 122 valence electrons. The summed E-state index contributed by atoms with van der Waals surface area (Å²) in [6, 6.07) is 25.0. The number of ether oxygens (including phenoxy) is 1. The van der Waals surface area contributed by atoms with Gasteiger partial charge in [0.15, 0.2) is 0 Å². The number of para-hydroxylation sites is 1. The molecule has 0 aliphatic heterocycles. The van der Waals surface area contributed by atoms with E-state index >= 15 is 0 Å². The molecule has 4 aromatic rings. The lowest BCUT2D eigenvalue weighted by molar-refractivity contribution is 0.415. The highest BCUT2D eigenvalue weighted by Crippen LogP contribution is 2.36. The van der Waals surface area contributed by atoms with Gasteiger partial charge in [-0.1, -0.05) is 60.7 Å². The van der Waals surface area contributed by atoms with Crippen LogP contribution >= 0.6 is 0 Å². The van der Waals surface area contributed by atoms with Gasteiger partial charge in [0.2, 0.25) is 0 Å². The first kappa shape index (κ1) is 15.2. The molecule has 3 heteroatoms. The molecule has 1 aromatic heterocycles. The first-order valence-corrected chi connectivity index (χ1v) is 8.03. The summed E-state index contributed by atoms with van der Waals surface area (Å²) >= 11 is 0. The Balaban J connectivity index is 2.09. The van der Waals surface area contributed by atoms with Gasteiger partial charge in [0.25, 0.3) is 0 Å². The lowest BCUT2D eigenvalue weighted by Crippen LogP contribution is -2.06. The maximum Gasteiger partial charge on any atom is 0.344 e. The smallest absolute Gasteiger partial charge is 0.344 e. The van der Waals surface area contributed by atoms with E-state index in [-0.39, 0.29) is 5.63 Å². The Labute approximate surface area is 145 Å². The van der Waals surface area contributed by atoms with Crippen LogP contribution in [-0.2, 0) is 0 Å². The largest absolute Gasteiger partial charge is 0.497 e. The second kappa shape index (κ2) is 6.29. The fourth-order valence-electron chi connectivity index (χ4n) is 3.07. The molecule has 3 aromatic carbocycles. The molecule has 0 atom stereocenters. The Morgan fingerprint density at radius 2 is 1.36 bits per heavy atom. The van der Waals surface area contributed by atoms with Crippen molar-refractivity contribution in [3.8, 4) is 28.0 Å². The molecule has 0 aliphatic rings. The number of rotatable bonds is 3. The molecule has 4 rings (SSSR count). The van der Waals surface area contributed by atoms with Crippen LogP contribution in [-0.4, -0.2) is 7.11 Å². The average Bonchev–Trinajstić information content (AvgIpc) is 2.68. The van der Waals surface area contributed by atoms with E-state index in [4.69, 9.17) is 9.15 Å². The first-order chi connectivity index (χ1) is 12.3. The van der Waals surface area contributed by atoms with Crippen LogP contribution in [0.2, 0.25) is 0 Å². The molecule has 0 amide bonds. The number of methoxy groups -OCH3 is 1. The lowest BCUT2D eigenvalue weighted by atomic mass is 9.93. The molecule has 0 radical (unpaired) electrons. The zero-order chi connectivity index (χ0) is 17.2. The van der Waals surface area contributed by atoms with Crippen molar-refractivity contribution < 1.29 is 9.15 Å². The van der Waals surface area contributed by atoms with Crippen molar-refractivity contribution in [3.63, 3.8) is 0 Å². The molecule has 0 fully saturated rings. The first-order valence-electron chi connectivity index (χ1n) is 8.03. The van der Waals surface area contributed by atoms with E-state index in [9.17, 15) is 4.79 Å². The Bertz CT molecular complexity index is 1080. The molecule has 25 heavy (non-hydrogen) atoms. The minimum absolute atomic E-state index is 0.345. The van der Waals surface area contributed by atoms with Crippen LogP contribution in [0.5, 0.6) is 5.75 Å². The molecule has 0 saturated heterocycles. The monoisotopic (exact) mass is 328 g/mol. The van der Waals surface area contributed by atoms with Gasteiger partial charge in [-0.3, -0.25) is 0 Å². The fourth-order valence-corrected chi connectivity index (χ4v) is 3.07. The van der Waals surface area contributed by atoms with Crippen molar-refractivity contribution in [1.82, 2.24) is 0 Å². The van der Waals surface area contributed by atoms with Crippen LogP contribution in [0.4, 0.5) is 0 Å². The normalized spacial score (nSPS) is 10.8. The molecule has 0 bridgehead atoms. The number of hydrogen-bond donors (Lipinski definition) is 0. The second-order valence-corrected chi connectivity index (χ2v) is 5.73. The van der Waals surface area contributed by atoms with Crippen LogP contribution in [0.3, 0.4) is 0 Å². The third-order valence-electron chi connectivity index (χ3n) is 4.25. The molecule has 3 nitrogen and oxygen atoms in total. The van der Waals surface area contributed by atoms with Crippen LogP contribution < -0.4 is 10.4 Å². The zero-order valence-electron chi connectivity index (χ0n) is 13.7. The van der Waals surface area contributed by atoms with Crippen molar-refractivity contribution in [2.24, 2.45) is 0 Å². The number of fused-ring (bicyclic) bond motifs is 1. The van der Waals surface area contributed by atoms with E-state index in [0.29, 0.717) is 11.1 Å². The van der Waals surface area contributed by atoms with E-state index in [0.717, 1.165) is 27.8 Å². The minimum atomic E-state index is -0.345. The summed E-state index contributed by atoms with van der Waals surface area (Å²) in [6.07, 6.45) is 0. The van der Waals surface area contributed by atoms with Crippen LogP contribution in [0, 0.1) is 0 Å². The van der Waals surface area contributed by atoms with Crippen molar-refractivity contribution in [2.45, 2.75) is 0 Å². The van der Waals surface area contributed by atoms with Crippen molar-refractivity contribution >= 4 is 11.0 Å². The summed E-state index contributed by atoms with van der Waals surface area (Å²) < 4.78 is 10.8. The predicted octanol–water partition coefficient (Wildman–Crippen LogP) is 5.14. The second-order valence-electron chi connectivity index (χ2n) is 5.73.